The highest BCUT2D eigenvalue weighted by molar-refractivity contribution is 9.10. The minimum absolute atomic E-state index is 0.0924. The van der Waals surface area contributed by atoms with E-state index in [9.17, 15) is 18.0 Å². The summed E-state index contributed by atoms with van der Waals surface area (Å²) in [5.41, 5.74) is 2.48. The molecule has 0 saturated carbocycles. The van der Waals surface area contributed by atoms with Gasteiger partial charge in [-0.3, -0.25) is 13.9 Å². The van der Waals surface area contributed by atoms with E-state index in [2.05, 4.69) is 21.2 Å². The summed E-state index contributed by atoms with van der Waals surface area (Å²) in [6.07, 6.45) is 0.762. The summed E-state index contributed by atoms with van der Waals surface area (Å²) in [7, 11) is -3.71. The fourth-order valence-corrected chi connectivity index (χ4v) is 7.45. The van der Waals surface area contributed by atoms with E-state index in [1.54, 1.807) is 17.0 Å². The maximum absolute atomic E-state index is 13.9. The van der Waals surface area contributed by atoms with Crippen LogP contribution in [-0.4, -0.2) is 43.8 Å². The molecule has 0 spiro atoms. The molecular formula is C33H34BrN3O4S. The first kappa shape index (κ1) is 29.8. The van der Waals surface area contributed by atoms with Crippen LogP contribution < -0.4 is 9.62 Å². The van der Waals surface area contributed by atoms with Gasteiger partial charge in [-0.2, -0.15) is 0 Å². The van der Waals surface area contributed by atoms with Crippen LogP contribution in [0.5, 0.6) is 0 Å². The second-order valence-corrected chi connectivity index (χ2v) is 13.6. The topological polar surface area (TPSA) is 86.8 Å². The van der Waals surface area contributed by atoms with E-state index in [4.69, 9.17) is 0 Å². The molecule has 1 atom stereocenters. The van der Waals surface area contributed by atoms with Gasteiger partial charge in [-0.15, -0.1) is 0 Å². The van der Waals surface area contributed by atoms with Crippen LogP contribution in [0.15, 0.2) is 100 Å². The molecular weight excluding hydrogens is 614 g/mol. The van der Waals surface area contributed by atoms with Gasteiger partial charge in [0.05, 0.1) is 10.6 Å². The van der Waals surface area contributed by atoms with E-state index in [0.717, 1.165) is 26.4 Å². The van der Waals surface area contributed by atoms with Gasteiger partial charge >= 0.3 is 0 Å². The lowest BCUT2D eigenvalue weighted by molar-refractivity contribution is -0.141. The Kier molecular flexibility index (Phi) is 8.99. The maximum Gasteiger partial charge on any atom is 0.265 e. The van der Waals surface area contributed by atoms with Gasteiger partial charge in [0.25, 0.3) is 10.0 Å². The van der Waals surface area contributed by atoms with Gasteiger partial charge in [-0.1, -0.05) is 82.7 Å². The van der Waals surface area contributed by atoms with Crippen LogP contribution in [0, 0.1) is 0 Å². The third-order valence-corrected chi connectivity index (χ3v) is 9.79. The highest BCUT2D eigenvalue weighted by Crippen LogP contribution is 2.42. The monoisotopic (exact) mass is 647 g/mol. The minimum Gasteiger partial charge on any atom is -0.352 e. The highest BCUT2D eigenvalue weighted by atomic mass is 79.9. The summed E-state index contributed by atoms with van der Waals surface area (Å²) in [6.45, 7) is 4.21. The van der Waals surface area contributed by atoms with Crippen molar-refractivity contribution in [2.24, 2.45) is 0 Å². The molecule has 4 aromatic carbocycles. The van der Waals surface area contributed by atoms with E-state index in [1.165, 1.54) is 4.31 Å². The third-order valence-electron chi connectivity index (χ3n) is 7.40. The van der Waals surface area contributed by atoms with Crippen molar-refractivity contribution in [1.82, 2.24) is 10.2 Å². The number of halogens is 1. The number of hydrogen-bond donors (Lipinski definition) is 1. The quantitative estimate of drug-likeness (QED) is 0.215. The molecule has 0 unspecified atom stereocenters. The lowest BCUT2D eigenvalue weighted by Crippen LogP contribution is -2.51. The van der Waals surface area contributed by atoms with Crippen LogP contribution in [-0.2, 0) is 32.6 Å². The number of benzene rings is 4. The highest BCUT2D eigenvalue weighted by Gasteiger charge is 2.36. The average Bonchev–Trinajstić information content (AvgIpc) is 3.19. The Labute approximate surface area is 255 Å². The smallest absolute Gasteiger partial charge is 0.265 e. The summed E-state index contributed by atoms with van der Waals surface area (Å²) in [4.78, 5) is 29.4. The van der Waals surface area contributed by atoms with Crippen molar-refractivity contribution in [3.63, 3.8) is 0 Å². The SMILES string of the molecule is CC(C)NC(=O)[C@@H](Cc1ccccc1)N(Cc1ccc(Br)cc1)C(=O)CCCN1c2cccc3cccc(c23)S1(=O)=O. The van der Waals surface area contributed by atoms with Gasteiger partial charge in [-0.05, 0) is 61.0 Å². The van der Waals surface area contributed by atoms with Gasteiger partial charge < -0.3 is 10.2 Å². The van der Waals surface area contributed by atoms with Crippen LogP contribution in [0.2, 0.25) is 0 Å². The first-order chi connectivity index (χ1) is 20.1. The van der Waals surface area contributed by atoms with E-state index >= 15 is 0 Å². The molecule has 218 valence electrons. The van der Waals surface area contributed by atoms with Crippen molar-refractivity contribution in [2.75, 3.05) is 10.8 Å². The molecule has 9 heteroatoms. The molecule has 7 nitrogen and oxygen atoms in total. The fourth-order valence-electron chi connectivity index (χ4n) is 5.44. The van der Waals surface area contributed by atoms with Crippen LogP contribution in [0.1, 0.15) is 37.8 Å². The Balaban J connectivity index is 1.39. The molecule has 1 aliphatic rings. The second kappa shape index (κ2) is 12.7. The fraction of sp³-hybridized carbons (Fsp3) is 0.273. The Morgan fingerprint density at radius 3 is 2.26 bits per heavy atom. The third kappa shape index (κ3) is 6.37. The molecule has 0 radical (unpaired) electrons. The molecule has 1 N–H and O–H groups in total. The first-order valence-corrected chi connectivity index (χ1v) is 16.3. The first-order valence-electron chi connectivity index (χ1n) is 14.1. The number of hydrogen-bond acceptors (Lipinski definition) is 4. The Bertz CT molecular complexity index is 1690. The van der Waals surface area contributed by atoms with Crippen molar-refractivity contribution in [1.29, 1.82) is 0 Å². The Morgan fingerprint density at radius 2 is 1.57 bits per heavy atom. The summed E-state index contributed by atoms with van der Waals surface area (Å²) < 4.78 is 29.2. The van der Waals surface area contributed by atoms with Gasteiger partial charge in [0.2, 0.25) is 11.8 Å². The standard InChI is InChI=1S/C33H34BrN3O4S/c1-23(2)35-33(39)29(21-24-9-4-3-5-10-24)36(22-25-16-18-27(34)19-17-25)31(38)15-8-20-37-28-13-6-11-26-12-7-14-30(32(26)28)42(37,40)41/h3-7,9-14,16-19,23,29H,8,15,20-22H2,1-2H3,(H,35,39)/t29-/m1/s1. The van der Waals surface area contributed by atoms with Crippen LogP contribution in [0.25, 0.3) is 10.8 Å². The van der Waals surface area contributed by atoms with E-state index < -0.39 is 16.1 Å². The van der Waals surface area contributed by atoms with Gasteiger partial charge in [-0.25, -0.2) is 8.42 Å². The molecule has 0 aromatic heterocycles. The molecule has 0 saturated heterocycles. The number of sulfonamides is 1. The lowest BCUT2D eigenvalue weighted by Gasteiger charge is -2.32. The number of nitrogens with zero attached hydrogens (tertiary/aromatic N) is 2. The molecule has 1 aliphatic heterocycles. The van der Waals surface area contributed by atoms with Crippen molar-refractivity contribution in [2.45, 2.75) is 56.6 Å². The molecule has 0 bridgehead atoms. The molecule has 0 aliphatic carbocycles. The number of carbonyl (C=O) groups excluding carboxylic acids is 2. The van der Waals surface area contributed by atoms with E-state index in [-0.39, 0.29) is 37.4 Å². The Morgan fingerprint density at radius 1 is 0.881 bits per heavy atom. The number of rotatable bonds is 11. The normalized spacial score (nSPS) is 14.2. The van der Waals surface area contributed by atoms with E-state index in [0.29, 0.717) is 23.4 Å². The Hall–Kier alpha value is -3.69. The largest absolute Gasteiger partial charge is 0.352 e. The number of anilines is 1. The van der Waals surface area contributed by atoms with Gasteiger partial charge in [0, 0.05) is 41.8 Å². The van der Waals surface area contributed by atoms with Gasteiger partial charge in [0.15, 0.2) is 0 Å². The van der Waals surface area contributed by atoms with Crippen molar-refractivity contribution >= 4 is 54.2 Å². The van der Waals surface area contributed by atoms with Crippen molar-refractivity contribution in [3.05, 3.63) is 107 Å². The summed E-state index contributed by atoms with van der Waals surface area (Å²) in [6, 6.07) is 27.4. The molecule has 1 heterocycles. The van der Waals surface area contributed by atoms with Crippen LogP contribution in [0.4, 0.5) is 5.69 Å². The molecule has 5 rings (SSSR count). The average molecular weight is 649 g/mol. The predicted octanol–water partition coefficient (Wildman–Crippen LogP) is 6.06. The predicted molar refractivity (Wildman–Crippen MR) is 170 cm³/mol. The number of carbonyl (C=O) groups is 2. The number of nitrogens with one attached hydrogen (secondary N) is 1. The molecule has 0 fully saturated rings. The summed E-state index contributed by atoms with van der Waals surface area (Å²) >= 11 is 3.46. The second-order valence-electron chi connectivity index (χ2n) is 10.8. The van der Waals surface area contributed by atoms with Crippen LogP contribution >= 0.6 is 15.9 Å². The number of amides is 2. The molecule has 2 amide bonds. The maximum atomic E-state index is 13.9. The zero-order valence-electron chi connectivity index (χ0n) is 23.7. The van der Waals surface area contributed by atoms with E-state index in [1.807, 2.05) is 92.7 Å². The van der Waals surface area contributed by atoms with Crippen molar-refractivity contribution < 1.29 is 18.0 Å². The minimum atomic E-state index is -3.71. The van der Waals surface area contributed by atoms with Crippen LogP contribution in [0.3, 0.4) is 0 Å². The van der Waals surface area contributed by atoms with Crippen molar-refractivity contribution in [3.8, 4) is 0 Å². The molecule has 42 heavy (non-hydrogen) atoms. The molecule has 4 aromatic rings. The van der Waals surface area contributed by atoms with Gasteiger partial charge in [0.1, 0.15) is 6.04 Å². The summed E-state index contributed by atoms with van der Waals surface area (Å²) in [5.74, 6) is -0.423. The summed E-state index contributed by atoms with van der Waals surface area (Å²) in [5, 5.41) is 4.59. The zero-order chi connectivity index (χ0) is 29.9. The zero-order valence-corrected chi connectivity index (χ0v) is 26.1. The lowest BCUT2D eigenvalue weighted by atomic mass is 10.0.